The summed E-state index contributed by atoms with van der Waals surface area (Å²) in [6, 6.07) is 8.84. The summed E-state index contributed by atoms with van der Waals surface area (Å²) < 4.78 is 9.88. The highest BCUT2D eigenvalue weighted by molar-refractivity contribution is 5.76. The molecule has 6 heteroatoms. The van der Waals surface area contributed by atoms with E-state index in [9.17, 15) is 9.59 Å². The Bertz CT molecular complexity index is 379. The van der Waals surface area contributed by atoms with Crippen LogP contribution in [0.1, 0.15) is 11.9 Å². The van der Waals surface area contributed by atoms with E-state index in [1.807, 2.05) is 6.07 Å². The fraction of sp³-hybridized carbons (Fsp3) is 0.273. The van der Waals surface area contributed by atoms with Gasteiger partial charge in [0.1, 0.15) is 6.54 Å². The summed E-state index contributed by atoms with van der Waals surface area (Å²) in [6.45, 7) is -0.496. The second kappa shape index (κ2) is 6.49. The van der Waals surface area contributed by atoms with Crippen LogP contribution in [0.2, 0.25) is 0 Å². The van der Waals surface area contributed by atoms with E-state index in [1.54, 1.807) is 24.3 Å². The number of rotatable bonds is 5. The van der Waals surface area contributed by atoms with E-state index in [2.05, 4.69) is 5.32 Å². The van der Waals surface area contributed by atoms with Crippen LogP contribution in [-0.4, -0.2) is 30.8 Å². The third kappa shape index (κ3) is 4.52. The second-order valence-electron chi connectivity index (χ2n) is 3.13. The van der Waals surface area contributed by atoms with Crippen LogP contribution < -0.4 is 5.32 Å². The van der Waals surface area contributed by atoms with E-state index in [4.69, 9.17) is 14.6 Å². The highest BCUT2D eigenvalue weighted by Crippen LogP contribution is 2.17. The van der Waals surface area contributed by atoms with Crippen LogP contribution in [-0.2, 0) is 14.3 Å². The van der Waals surface area contributed by atoms with Gasteiger partial charge in [0.2, 0.25) is 6.29 Å². The van der Waals surface area contributed by atoms with Crippen molar-refractivity contribution in [2.75, 3.05) is 13.7 Å². The largest absolute Gasteiger partial charge is 0.480 e. The number of carboxylic acids is 1. The minimum atomic E-state index is -1.14. The summed E-state index contributed by atoms with van der Waals surface area (Å²) in [5.74, 6) is -1.14. The second-order valence-corrected chi connectivity index (χ2v) is 3.13. The molecule has 0 aliphatic heterocycles. The molecule has 1 rings (SSSR count). The number of alkyl carbamates (subject to hydrolysis) is 1. The average molecular weight is 239 g/mol. The standard InChI is InChI=1S/C11H13NO5/c1-16-10(8-5-3-2-4-6-8)17-11(15)12-7-9(13)14/h2-6,10H,7H2,1H3,(H,12,15)(H,13,14). The Hall–Kier alpha value is -2.08. The van der Waals surface area contributed by atoms with Gasteiger partial charge in [-0.2, -0.15) is 0 Å². The number of benzene rings is 1. The first-order valence-electron chi connectivity index (χ1n) is 4.87. The van der Waals surface area contributed by atoms with E-state index in [-0.39, 0.29) is 0 Å². The third-order valence-corrected chi connectivity index (χ3v) is 1.88. The number of hydrogen-bond acceptors (Lipinski definition) is 4. The van der Waals surface area contributed by atoms with Crippen molar-refractivity contribution in [2.24, 2.45) is 0 Å². The summed E-state index contributed by atoms with van der Waals surface area (Å²) in [5.41, 5.74) is 0.667. The van der Waals surface area contributed by atoms with Gasteiger partial charge in [0, 0.05) is 12.7 Å². The number of nitrogens with one attached hydrogen (secondary N) is 1. The van der Waals surface area contributed by atoms with E-state index in [0.717, 1.165) is 0 Å². The molecule has 1 unspecified atom stereocenters. The number of aliphatic carboxylic acids is 1. The van der Waals surface area contributed by atoms with Crippen molar-refractivity contribution < 1.29 is 24.2 Å². The highest BCUT2D eigenvalue weighted by Gasteiger charge is 2.15. The first-order chi connectivity index (χ1) is 8.13. The SMILES string of the molecule is COC(OC(=O)NCC(=O)O)c1ccccc1. The number of amides is 1. The van der Waals surface area contributed by atoms with Crippen molar-refractivity contribution in [3.63, 3.8) is 0 Å². The molecule has 0 saturated carbocycles. The molecule has 0 bridgehead atoms. The van der Waals surface area contributed by atoms with Crippen molar-refractivity contribution in [2.45, 2.75) is 6.29 Å². The van der Waals surface area contributed by atoms with Crippen LogP contribution in [0.4, 0.5) is 4.79 Å². The summed E-state index contributed by atoms with van der Waals surface area (Å²) in [7, 11) is 1.39. The molecule has 0 aromatic heterocycles. The zero-order valence-corrected chi connectivity index (χ0v) is 9.25. The van der Waals surface area contributed by atoms with Gasteiger partial charge in [-0.1, -0.05) is 30.3 Å². The molecular formula is C11H13NO5. The molecule has 0 fully saturated rings. The maximum absolute atomic E-state index is 11.2. The van der Waals surface area contributed by atoms with Crippen molar-refractivity contribution in [3.05, 3.63) is 35.9 Å². The summed E-state index contributed by atoms with van der Waals surface area (Å²) >= 11 is 0. The summed E-state index contributed by atoms with van der Waals surface area (Å²) in [6.07, 6.45) is -1.70. The van der Waals surface area contributed by atoms with E-state index < -0.39 is 24.9 Å². The van der Waals surface area contributed by atoms with E-state index >= 15 is 0 Å². The van der Waals surface area contributed by atoms with Gasteiger partial charge in [0.25, 0.3) is 0 Å². The Morgan fingerprint density at radius 1 is 1.35 bits per heavy atom. The molecule has 0 saturated heterocycles. The van der Waals surface area contributed by atoms with Crippen LogP contribution in [0.25, 0.3) is 0 Å². The van der Waals surface area contributed by atoms with E-state index in [1.165, 1.54) is 7.11 Å². The molecule has 92 valence electrons. The molecule has 17 heavy (non-hydrogen) atoms. The molecule has 1 aromatic rings. The number of carbonyl (C=O) groups is 2. The number of ether oxygens (including phenoxy) is 2. The first-order valence-corrected chi connectivity index (χ1v) is 4.87. The topological polar surface area (TPSA) is 84.9 Å². The molecule has 1 amide bonds. The molecule has 0 spiro atoms. The predicted octanol–water partition coefficient (Wildman–Crippen LogP) is 1.14. The van der Waals surface area contributed by atoms with Crippen LogP contribution in [0.3, 0.4) is 0 Å². The molecule has 1 atom stereocenters. The van der Waals surface area contributed by atoms with Crippen molar-refractivity contribution in [1.82, 2.24) is 5.32 Å². The van der Waals surface area contributed by atoms with Crippen molar-refractivity contribution in [1.29, 1.82) is 0 Å². The number of methoxy groups -OCH3 is 1. The average Bonchev–Trinajstić information content (AvgIpc) is 2.34. The Kier molecular flexibility index (Phi) is 4.96. The molecule has 0 heterocycles. The van der Waals surface area contributed by atoms with Gasteiger partial charge < -0.3 is 19.9 Å². The highest BCUT2D eigenvalue weighted by atomic mass is 16.7. The van der Waals surface area contributed by atoms with Crippen LogP contribution in [0.15, 0.2) is 30.3 Å². The molecular weight excluding hydrogens is 226 g/mol. The lowest BCUT2D eigenvalue weighted by atomic mass is 10.2. The maximum atomic E-state index is 11.2. The van der Waals surface area contributed by atoms with Gasteiger partial charge >= 0.3 is 12.1 Å². The maximum Gasteiger partial charge on any atom is 0.410 e. The van der Waals surface area contributed by atoms with Gasteiger partial charge in [-0.25, -0.2) is 4.79 Å². The summed E-state index contributed by atoms with van der Waals surface area (Å²) in [4.78, 5) is 21.4. The van der Waals surface area contributed by atoms with Crippen LogP contribution in [0.5, 0.6) is 0 Å². The lowest BCUT2D eigenvalue weighted by Gasteiger charge is -2.16. The molecule has 0 aliphatic carbocycles. The molecule has 0 radical (unpaired) electrons. The number of hydrogen-bond donors (Lipinski definition) is 2. The molecule has 6 nitrogen and oxygen atoms in total. The lowest BCUT2D eigenvalue weighted by Crippen LogP contribution is -2.31. The minimum absolute atomic E-state index is 0.496. The Morgan fingerprint density at radius 3 is 2.53 bits per heavy atom. The van der Waals surface area contributed by atoms with Gasteiger partial charge in [0.05, 0.1) is 0 Å². The quantitative estimate of drug-likeness (QED) is 0.753. The fourth-order valence-electron chi connectivity index (χ4n) is 1.15. The van der Waals surface area contributed by atoms with Gasteiger partial charge in [-0.15, -0.1) is 0 Å². The zero-order valence-electron chi connectivity index (χ0n) is 9.25. The normalized spacial score (nSPS) is 11.6. The predicted molar refractivity (Wildman–Crippen MR) is 58.3 cm³/mol. The monoisotopic (exact) mass is 239 g/mol. The Morgan fingerprint density at radius 2 is 2.00 bits per heavy atom. The molecule has 2 N–H and O–H groups in total. The Labute approximate surface area is 98.2 Å². The third-order valence-electron chi connectivity index (χ3n) is 1.88. The lowest BCUT2D eigenvalue weighted by molar-refractivity contribution is -0.136. The first kappa shape index (κ1) is 13.0. The minimum Gasteiger partial charge on any atom is -0.480 e. The number of carboxylic acid groups (broad SMARTS) is 1. The van der Waals surface area contributed by atoms with Crippen LogP contribution in [0, 0.1) is 0 Å². The summed E-state index contributed by atoms with van der Waals surface area (Å²) in [5, 5.41) is 10.4. The number of carbonyl (C=O) groups excluding carboxylic acids is 1. The smallest absolute Gasteiger partial charge is 0.410 e. The Balaban J connectivity index is 2.53. The van der Waals surface area contributed by atoms with Gasteiger partial charge in [0.15, 0.2) is 0 Å². The van der Waals surface area contributed by atoms with E-state index in [0.29, 0.717) is 5.56 Å². The van der Waals surface area contributed by atoms with Gasteiger partial charge in [-0.3, -0.25) is 4.79 Å². The van der Waals surface area contributed by atoms with Crippen molar-refractivity contribution >= 4 is 12.1 Å². The molecule has 1 aromatic carbocycles. The molecule has 0 aliphatic rings. The van der Waals surface area contributed by atoms with Gasteiger partial charge in [-0.05, 0) is 0 Å². The zero-order chi connectivity index (χ0) is 12.7. The van der Waals surface area contributed by atoms with Crippen LogP contribution >= 0.6 is 0 Å². The van der Waals surface area contributed by atoms with Crippen molar-refractivity contribution in [3.8, 4) is 0 Å². The fourth-order valence-corrected chi connectivity index (χ4v) is 1.15.